The average molecular weight is 985 g/mol. The molecule has 0 heterocycles. The highest BCUT2D eigenvalue weighted by molar-refractivity contribution is 5.76. The number of unbranched alkanes of at least 4 members (excludes halogenated alkanes) is 52. The second kappa shape index (κ2) is 62.2. The van der Waals surface area contributed by atoms with Gasteiger partial charge in [0.25, 0.3) is 0 Å². The topological polar surface area (TPSA) is 69.6 Å². The summed E-state index contributed by atoms with van der Waals surface area (Å²) in [5.41, 5.74) is 0. The Hall–Kier alpha value is -1.13. The molecule has 0 saturated carbocycles. The minimum atomic E-state index is -0.838. The van der Waals surface area contributed by atoms with Gasteiger partial charge in [0.15, 0.2) is 0 Å². The number of amides is 1. The molecule has 416 valence electrons. The summed E-state index contributed by atoms with van der Waals surface area (Å²) >= 11 is 0. The van der Waals surface area contributed by atoms with Gasteiger partial charge in [-0.15, -0.1) is 0 Å². The van der Waals surface area contributed by atoms with Crippen molar-refractivity contribution in [2.45, 2.75) is 386 Å². The molecule has 0 aromatic carbocycles. The zero-order valence-electron chi connectivity index (χ0n) is 48.1. The minimum absolute atomic E-state index is 0.0560. The van der Waals surface area contributed by atoms with Gasteiger partial charge in [0.1, 0.15) is 0 Å². The van der Waals surface area contributed by atoms with Crippen LogP contribution in [0.25, 0.3) is 0 Å². The van der Waals surface area contributed by atoms with E-state index in [-0.39, 0.29) is 12.5 Å². The number of rotatable bonds is 61. The van der Waals surface area contributed by atoms with Crippen LogP contribution < -0.4 is 5.32 Å². The molecule has 0 rings (SSSR count). The molecule has 4 nitrogen and oxygen atoms in total. The molecular weight excluding hydrogens is 855 g/mol. The van der Waals surface area contributed by atoms with E-state index in [1.807, 2.05) is 6.08 Å². The SMILES string of the molecule is CCCCCCCCCCCCCCCC/C=C\CCCCCCCCCCCCCCCCCCCC(=O)NC(CO)C(O)/C=C/CCCCCCCCCCCCCCCCCCCCCCC. The Morgan fingerprint density at radius 3 is 0.786 bits per heavy atom. The first-order valence-corrected chi connectivity index (χ1v) is 32.6. The van der Waals surface area contributed by atoms with E-state index in [0.29, 0.717) is 6.42 Å². The first kappa shape index (κ1) is 68.9. The molecule has 70 heavy (non-hydrogen) atoms. The normalized spacial score (nSPS) is 12.8. The molecule has 0 aliphatic heterocycles. The Bertz CT molecular complexity index is 1020. The van der Waals surface area contributed by atoms with Gasteiger partial charge in [-0.3, -0.25) is 4.79 Å². The van der Waals surface area contributed by atoms with E-state index >= 15 is 0 Å². The van der Waals surface area contributed by atoms with Crippen molar-refractivity contribution >= 4 is 5.91 Å². The molecule has 0 aliphatic carbocycles. The lowest BCUT2D eigenvalue weighted by Crippen LogP contribution is -2.45. The van der Waals surface area contributed by atoms with Crippen molar-refractivity contribution in [2.75, 3.05) is 6.61 Å². The van der Waals surface area contributed by atoms with E-state index in [2.05, 4.69) is 31.3 Å². The summed E-state index contributed by atoms with van der Waals surface area (Å²) in [7, 11) is 0. The predicted molar refractivity (Wildman–Crippen MR) is 313 cm³/mol. The van der Waals surface area contributed by atoms with Gasteiger partial charge in [-0.25, -0.2) is 0 Å². The lowest BCUT2D eigenvalue weighted by molar-refractivity contribution is -0.123. The quantitative estimate of drug-likeness (QED) is 0.0420. The summed E-state index contributed by atoms with van der Waals surface area (Å²) < 4.78 is 0. The molecule has 4 heteroatoms. The average Bonchev–Trinajstić information content (AvgIpc) is 3.36. The zero-order chi connectivity index (χ0) is 50.6. The standard InChI is InChI=1S/C66H129NO3/c1-3-5-7-9-11-13-15-17-19-21-23-25-27-28-29-30-31-32-33-34-35-36-37-38-40-42-44-46-48-50-52-54-56-58-60-62-66(70)67-64(63-68)65(69)61-59-57-55-53-51-49-47-45-43-41-39-26-24-22-20-18-16-14-12-10-8-6-4-2/h30-31,59,61,64-65,68-69H,3-29,32-58,60,62-63H2,1-2H3,(H,67,70)/b31-30-,61-59+. The molecule has 0 aromatic heterocycles. The third-order valence-electron chi connectivity index (χ3n) is 15.4. The molecular formula is C66H129NO3. The van der Waals surface area contributed by atoms with Gasteiger partial charge < -0.3 is 15.5 Å². The monoisotopic (exact) mass is 984 g/mol. The van der Waals surface area contributed by atoms with E-state index in [0.717, 1.165) is 25.7 Å². The van der Waals surface area contributed by atoms with E-state index in [4.69, 9.17) is 0 Å². The number of allylic oxidation sites excluding steroid dienone is 3. The van der Waals surface area contributed by atoms with Gasteiger partial charge in [0, 0.05) is 6.42 Å². The number of hydrogen-bond donors (Lipinski definition) is 3. The molecule has 0 spiro atoms. The highest BCUT2D eigenvalue weighted by atomic mass is 16.3. The van der Waals surface area contributed by atoms with E-state index in [1.165, 1.54) is 327 Å². The fraction of sp³-hybridized carbons (Fsp3) is 0.924. The lowest BCUT2D eigenvalue weighted by Gasteiger charge is -2.20. The molecule has 0 aliphatic rings. The van der Waals surface area contributed by atoms with Gasteiger partial charge in [0.2, 0.25) is 5.91 Å². The van der Waals surface area contributed by atoms with Crippen molar-refractivity contribution in [1.29, 1.82) is 0 Å². The van der Waals surface area contributed by atoms with Crippen LogP contribution in [0.3, 0.4) is 0 Å². The van der Waals surface area contributed by atoms with Crippen LogP contribution in [0, 0.1) is 0 Å². The summed E-state index contributed by atoms with van der Waals surface area (Å²) in [4.78, 5) is 12.5. The highest BCUT2D eigenvalue weighted by Gasteiger charge is 2.18. The lowest BCUT2D eigenvalue weighted by atomic mass is 10.0. The summed E-state index contributed by atoms with van der Waals surface area (Å²) in [5.74, 6) is -0.0560. The Morgan fingerprint density at radius 1 is 0.329 bits per heavy atom. The number of carbonyl (C=O) groups is 1. The molecule has 1 amide bonds. The van der Waals surface area contributed by atoms with Gasteiger partial charge in [0.05, 0.1) is 18.8 Å². The Balaban J connectivity index is 3.41. The highest BCUT2D eigenvalue weighted by Crippen LogP contribution is 2.18. The van der Waals surface area contributed by atoms with Crippen molar-refractivity contribution in [3.63, 3.8) is 0 Å². The van der Waals surface area contributed by atoms with Crippen LogP contribution in [0.4, 0.5) is 0 Å². The number of aliphatic hydroxyl groups excluding tert-OH is 2. The van der Waals surface area contributed by atoms with Crippen molar-refractivity contribution < 1.29 is 15.0 Å². The van der Waals surface area contributed by atoms with E-state index in [1.54, 1.807) is 6.08 Å². The Labute approximate surface area is 440 Å². The number of hydrogen-bond acceptors (Lipinski definition) is 3. The number of nitrogens with one attached hydrogen (secondary N) is 1. The van der Waals surface area contributed by atoms with Crippen LogP contribution in [0.2, 0.25) is 0 Å². The van der Waals surface area contributed by atoms with Crippen LogP contribution in [-0.4, -0.2) is 34.9 Å². The third-order valence-corrected chi connectivity index (χ3v) is 15.4. The molecule has 3 N–H and O–H groups in total. The van der Waals surface area contributed by atoms with Crippen LogP contribution in [-0.2, 0) is 4.79 Å². The van der Waals surface area contributed by atoms with Gasteiger partial charge in [-0.2, -0.15) is 0 Å². The molecule has 0 fully saturated rings. The minimum Gasteiger partial charge on any atom is -0.394 e. The molecule has 2 atom stereocenters. The first-order valence-electron chi connectivity index (χ1n) is 32.6. The van der Waals surface area contributed by atoms with Gasteiger partial charge >= 0.3 is 0 Å². The fourth-order valence-electron chi connectivity index (χ4n) is 10.5. The van der Waals surface area contributed by atoms with Gasteiger partial charge in [-0.05, 0) is 44.9 Å². The Kier molecular flexibility index (Phi) is 61.2. The van der Waals surface area contributed by atoms with Crippen LogP contribution >= 0.6 is 0 Å². The molecule has 0 saturated heterocycles. The first-order chi connectivity index (χ1) is 34.7. The predicted octanol–water partition coefficient (Wildman–Crippen LogP) is 21.8. The van der Waals surface area contributed by atoms with Crippen molar-refractivity contribution in [2.24, 2.45) is 0 Å². The summed E-state index contributed by atoms with van der Waals surface area (Å²) in [5, 5.41) is 23.2. The molecule has 2 unspecified atom stereocenters. The summed E-state index contributed by atoms with van der Waals surface area (Å²) in [6.07, 6.45) is 83.9. The smallest absolute Gasteiger partial charge is 0.220 e. The molecule has 0 radical (unpaired) electrons. The van der Waals surface area contributed by atoms with Gasteiger partial charge in [-0.1, -0.05) is 346 Å². The maximum atomic E-state index is 12.5. The summed E-state index contributed by atoms with van der Waals surface area (Å²) in [6, 6.07) is -0.621. The van der Waals surface area contributed by atoms with Crippen LogP contribution in [0.1, 0.15) is 373 Å². The Morgan fingerprint density at radius 2 is 0.543 bits per heavy atom. The second-order valence-electron chi connectivity index (χ2n) is 22.5. The van der Waals surface area contributed by atoms with Crippen molar-refractivity contribution in [3.8, 4) is 0 Å². The van der Waals surface area contributed by atoms with E-state index < -0.39 is 12.1 Å². The maximum absolute atomic E-state index is 12.5. The number of aliphatic hydroxyl groups is 2. The van der Waals surface area contributed by atoms with Crippen molar-refractivity contribution in [3.05, 3.63) is 24.3 Å². The second-order valence-corrected chi connectivity index (χ2v) is 22.5. The summed E-state index contributed by atoms with van der Waals surface area (Å²) in [6.45, 7) is 4.36. The largest absolute Gasteiger partial charge is 0.394 e. The number of carbonyl (C=O) groups excluding carboxylic acids is 1. The molecule has 0 aromatic rings. The van der Waals surface area contributed by atoms with Crippen molar-refractivity contribution in [1.82, 2.24) is 5.32 Å². The fourth-order valence-corrected chi connectivity index (χ4v) is 10.5. The van der Waals surface area contributed by atoms with E-state index in [9.17, 15) is 15.0 Å². The van der Waals surface area contributed by atoms with Crippen LogP contribution in [0.5, 0.6) is 0 Å². The third kappa shape index (κ3) is 57.8. The van der Waals surface area contributed by atoms with Crippen LogP contribution in [0.15, 0.2) is 24.3 Å². The molecule has 0 bridgehead atoms. The zero-order valence-corrected chi connectivity index (χ0v) is 48.1. The maximum Gasteiger partial charge on any atom is 0.220 e.